The molecule has 1 aliphatic rings. The highest BCUT2D eigenvalue weighted by atomic mass is 35.5. The Kier molecular flexibility index (Phi) is 7.73. The van der Waals surface area contributed by atoms with Gasteiger partial charge < -0.3 is 19.2 Å². The number of aromatic nitrogens is 3. The van der Waals surface area contributed by atoms with Crippen molar-refractivity contribution in [1.82, 2.24) is 14.8 Å². The number of hydrogen-bond acceptors (Lipinski definition) is 6. The molecule has 6 rings (SSSR count). The lowest BCUT2D eigenvalue weighted by atomic mass is 9.91. The fourth-order valence-electron chi connectivity index (χ4n) is 5.99. The number of rotatable bonds is 6. The molecule has 44 heavy (non-hydrogen) atoms. The van der Waals surface area contributed by atoms with Crippen LogP contribution in [0.5, 0.6) is 0 Å². The van der Waals surface area contributed by atoms with E-state index >= 15 is 0 Å². The second-order valence-electron chi connectivity index (χ2n) is 13.4. The number of carboxylic acid groups (broad SMARTS) is 1. The van der Waals surface area contributed by atoms with Crippen LogP contribution in [0.15, 0.2) is 48.5 Å². The average molecular weight is 633 g/mol. The first kappa shape index (κ1) is 30.5. The summed E-state index contributed by atoms with van der Waals surface area (Å²) in [6, 6.07) is 15.9. The highest BCUT2D eigenvalue weighted by Gasteiger charge is 2.33. The second-order valence-corrected chi connectivity index (χ2v) is 14.8. The lowest BCUT2D eigenvalue weighted by Crippen LogP contribution is -2.55. The number of fused-ring (bicyclic) bond motifs is 2. The highest BCUT2D eigenvalue weighted by Crippen LogP contribution is 2.45. The fraction of sp³-hybridized carbons (Fsp3) is 0.382. The molecule has 0 amide bonds. The number of aryl methyl sites for hydroxylation is 2. The number of thiazole rings is 1. The predicted molar refractivity (Wildman–Crippen MR) is 180 cm³/mol. The van der Waals surface area contributed by atoms with E-state index in [1.54, 1.807) is 11.3 Å². The molecule has 1 unspecified atom stereocenters. The van der Waals surface area contributed by atoms with Crippen LogP contribution in [0.25, 0.3) is 42.8 Å². The minimum absolute atomic E-state index is 0.613. The number of halogens is 1. The predicted octanol–water partition coefficient (Wildman–Crippen LogP) is 7.32. The first-order valence-electron chi connectivity index (χ1n) is 14.9. The van der Waals surface area contributed by atoms with Crippen molar-refractivity contribution in [3.05, 3.63) is 64.7 Å². The standard InChI is InChI=1S/C34H38ClN5O3S/c1-20-18-25-30(28(21-8-11-23(35)12-9-21)27(20)29(33(41)42)43-34(2,3)4)44-32(36-25)22-10-13-26-24(19-22)31(37-38(26)5)39-14-16-40(6,7)17-15-39/h8-13,18-19,29H,14-17H2,1-7H3/p+1. The van der Waals surface area contributed by atoms with Crippen LogP contribution < -0.4 is 4.90 Å². The van der Waals surface area contributed by atoms with Gasteiger partial charge in [0.25, 0.3) is 0 Å². The Labute approximate surface area is 267 Å². The van der Waals surface area contributed by atoms with Gasteiger partial charge in [0, 0.05) is 34.1 Å². The zero-order valence-corrected chi connectivity index (χ0v) is 27.9. The van der Waals surface area contributed by atoms with Gasteiger partial charge in [-0.1, -0.05) is 23.7 Å². The van der Waals surface area contributed by atoms with Crippen LogP contribution in [0.4, 0.5) is 5.82 Å². The number of aliphatic carboxylic acids is 1. The van der Waals surface area contributed by atoms with Gasteiger partial charge in [-0.15, -0.1) is 11.3 Å². The van der Waals surface area contributed by atoms with E-state index in [4.69, 9.17) is 26.4 Å². The number of quaternary nitrogens is 1. The number of carbonyl (C=O) groups is 1. The van der Waals surface area contributed by atoms with Crippen molar-refractivity contribution in [3.8, 4) is 21.7 Å². The molecule has 1 atom stereocenters. The molecule has 0 spiro atoms. The minimum atomic E-state index is -1.15. The molecule has 0 radical (unpaired) electrons. The van der Waals surface area contributed by atoms with Crippen molar-refractivity contribution in [3.63, 3.8) is 0 Å². The number of carboxylic acids is 1. The van der Waals surface area contributed by atoms with Gasteiger partial charge in [-0.2, -0.15) is 5.10 Å². The number of hydrogen-bond donors (Lipinski definition) is 1. The summed E-state index contributed by atoms with van der Waals surface area (Å²) >= 11 is 7.83. The SMILES string of the molecule is Cc1cc2nc(-c3ccc4c(c3)c(N3CC[N+](C)(C)CC3)nn4C)sc2c(-c2ccc(Cl)cc2)c1C(OC(C)(C)C)C(=O)O. The Morgan fingerprint density at radius 3 is 2.36 bits per heavy atom. The summed E-state index contributed by atoms with van der Waals surface area (Å²) in [5, 5.41) is 17.9. The monoisotopic (exact) mass is 632 g/mol. The molecule has 1 aliphatic heterocycles. The number of likely N-dealkylation sites (N-methyl/N-ethyl adjacent to an activating group) is 1. The van der Waals surface area contributed by atoms with Crippen LogP contribution in [-0.4, -0.2) is 76.2 Å². The van der Waals surface area contributed by atoms with Gasteiger partial charge in [0.2, 0.25) is 0 Å². The molecule has 1 N–H and O–H groups in total. The lowest BCUT2D eigenvalue weighted by molar-refractivity contribution is -0.890. The topological polar surface area (TPSA) is 80.5 Å². The van der Waals surface area contributed by atoms with E-state index < -0.39 is 17.7 Å². The van der Waals surface area contributed by atoms with Gasteiger partial charge in [-0.25, -0.2) is 9.78 Å². The van der Waals surface area contributed by atoms with E-state index in [2.05, 4.69) is 37.2 Å². The smallest absolute Gasteiger partial charge is 0.337 e. The Morgan fingerprint density at radius 1 is 1.07 bits per heavy atom. The number of nitrogens with zero attached hydrogens (tertiary/aromatic N) is 5. The molecular weight excluding hydrogens is 594 g/mol. The lowest BCUT2D eigenvalue weighted by Gasteiger charge is -2.39. The van der Waals surface area contributed by atoms with Crippen LogP contribution in [-0.2, 0) is 16.6 Å². The van der Waals surface area contributed by atoms with Gasteiger partial charge in [0.15, 0.2) is 11.9 Å². The summed E-state index contributed by atoms with van der Waals surface area (Å²) in [6.45, 7) is 11.6. The molecule has 0 saturated carbocycles. The van der Waals surface area contributed by atoms with Crippen LogP contribution in [0.3, 0.4) is 0 Å². The Hall–Kier alpha value is -3.50. The normalized spacial score (nSPS) is 16.1. The number of piperazine rings is 1. The van der Waals surface area contributed by atoms with Crippen molar-refractivity contribution in [2.75, 3.05) is 45.2 Å². The van der Waals surface area contributed by atoms with E-state index in [0.717, 1.165) is 84.9 Å². The van der Waals surface area contributed by atoms with Crippen LogP contribution in [0.2, 0.25) is 5.02 Å². The maximum atomic E-state index is 12.7. The Bertz CT molecular complexity index is 1880. The molecule has 0 aliphatic carbocycles. The van der Waals surface area contributed by atoms with E-state index in [9.17, 15) is 9.90 Å². The first-order chi connectivity index (χ1) is 20.7. The molecule has 5 aromatic rings. The summed E-state index contributed by atoms with van der Waals surface area (Å²) in [4.78, 5) is 20.2. The van der Waals surface area contributed by atoms with Gasteiger partial charge in [0.1, 0.15) is 5.01 Å². The quantitative estimate of drug-likeness (QED) is 0.198. The average Bonchev–Trinajstić information content (AvgIpc) is 3.52. The summed E-state index contributed by atoms with van der Waals surface area (Å²) in [7, 11) is 6.55. The zero-order valence-electron chi connectivity index (χ0n) is 26.3. The van der Waals surface area contributed by atoms with Crippen LogP contribution in [0, 0.1) is 6.92 Å². The molecular formula is C34H39ClN5O3S+. The van der Waals surface area contributed by atoms with Crippen LogP contribution in [0.1, 0.15) is 38.0 Å². The fourth-order valence-corrected chi connectivity index (χ4v) is 7.24. The third-order valence-electron chi connectivity index (χ3n) is 8.35. The van der Waals surface area contributed by atoms with Gasteiger partial charge in [-0.05, 0) is 75.2 Å². The maximum absolute atomic E-state index is 12.7. The zero-order chi connectivity index (χ0) is 31.6. The summed E-state index contributed by atoms with van der Waals surface area (Å²) in [5.74, 6) is -0.0226. The molecule has 3 aromatic carbocycles. The number of anilines is 1. The highest BCUT2D eigenvalue weighted by molar-refractivity contribution is 7.22. The minimum Gasteiger partial charge on any atom is -0.479 e. The molecule has 8 nitrogen and oxygen atoms in total. The first-order valence-corrected chi connectivity index (χ1v) is 16.0. The molecule has 0 bridgehead atoms. The van der Waals surface area contributed by atoms with Crippen molar-refractivity contribution >= 4 is 55.8 Å². The molecule has 3 heterocycles. The third kappa shape index (κ3) is 5.81. The summed E-state index contributed by atoms with van der Waals surface area (Å²) in [6.07, 6.45) is -1.15. The van der Waals surface area contributed by atoms with Gasteiger partial charge >= 0.3 is 5.97 Å². The molecule has 1 saturated heterocycles. The summed E-state index contributed by atoms with van der Waals surface area (Å²) in [5.41, 5.74) is 5.36. The number of benzene rings is 3. The van der Waals surface area contributed by atoms with E-state index in [-0.39, 0.29) is 0 Å². The van der Waals surface area contributed by atoms with Crippen molar-refractivity contribution in [2.45, 2.75) is 39.4 Å². The number of ether oxygens (including phenoxy) is 1. The summed E-state index contributed by atoms with van der Waals surface area (Å²) < 4.78 is 10.0. The Balaban J connectivity index is 1.52. The molecule has 230 valence electrons. The third-order valence-corrected chi connectivity index (χ3v) is 9.74. The van der Waals surface area contributed by atoms with Gasteiger partial charge in [0.05, 0.1) is 61.6 Å². The largest absolute Gasteiger partial charge is 0.479 e. The van der Waals surface area contributed by atoms with Gasteiger partial charge in [-0.3, -0.25) is 4.68 Å². The molecule has 1 fully saturated rings. The maximum Gasteiger partial charge on any atom is 0.337 e. The Morgan fingerprint density at radius 2 is 1.73 bits per heavy atom. The van der Waals surface area contributed by atoms with E-state index in [1.165, 1.54) is 0 Å². The van der Waals surface area contributed by atoms with E-state index in [1.807, 2.05) is 69.8 Å². The second kappa shape index (κ2) is 11.1. The van der Waals surface area contributed by atoms with Crippen molar-refractivity contribution < 1.29 is 19.1 Å². The molecule has 10 heteroatoms. The van der Waals surface area contributed by atoms with Crippen molar-refractivity contribution in [1.29, 1.82) is 0 Å². The van der Waals surface area contributed by atoms with Crippen molar-refractivity contribution in [2.24, 2.45) is 7.05 Å². The van der Waals surface area contributed by atoms with Crippen LogP contribution >= 0.6 is 22.9 Å². The van der Waals surface area contributed by atoms with E-state index in [0.29, 0.717) is 10.6 Å². The molecule has 2 aromatic heterocycles.